The number of carbonyl (C=O) groups excluding carboxylic acids is 1. The number of hydrogen-bond acceptors (Lipinski definition) is 5. The molecule has 0 fully saturated rings. The van der Waals surface area contributed by atoms with Gasteiger partial charge in [0.2, 0.25) is 5.82 Å². The van der Waals surface area contributed by atoms with E-state index in [4.69, 9.17) is 0 Å². The third-order valence-corrected chi connectivity index (χ3v) is 3.91. The van der Waals surface area contributed by atoms with Crippen molar-refractivity contribution in [3.05, 3.63) is 71.1 Å². The van der Waals surface area contributed by atoms with Crippen molar-refractivity contribution in [2.75, 3.05) is 7.05 Å². The van der Waals surface area contributed by atoms with Crippen molar-refractivity contribution in [3.63, 3.8) is 0 Å². The van der Waals surface area contributed by atoms with Crippen LogP contribution in [0.4, 0.5) is 22.0 Å². The summed E-state index contributed by atoms with van der Waals surface area (Å²) in [6.45, 7) is 0. The summed E-state index contributed by atoms with van der Waals surface area (Å²) in [6.07, 6.45) is -6.34. The van der Waals surface area contributed by atoms with Gasteiger partial charge in [0.05, 0.1) is 11.8 Å². The van der Waals surface area contributed by atoms with E-state index in [1.54, 1.807) is 6.07 Å². The van der Waals surface area contributed by atoms with Crippen LogP contribution in [0.3, 0.4) is 0 Å². The fourth-order valence-electron chi connectivity index (χ4n) is 2.48. The molecule has 1 heterocycles. The van der Waals surface area contributed by atoms with Crippen LogP contribution in [-0.2, 0) is 6.18 Å². The van der Waals surface area contributed by atoms with Crippen LogP contribution in [0.1, 0.15) is 33.8 Å². The molecule has 0 radical (unpaired) electrons. The first kappa shape index (κ1) is 21.1. The van der Waals surface area contributed by atoms with E-state index < -0.39 is 30.0 Å². The third kappa shape index (κ3) is 4.67. The lowest BCUT2D eigenvalue weighted by atomic mass is 10.1. The molecule has 0 atom stereocenters. The quantitative estimate of drug-likeness (QED) is 0.335. The molecule has 156 valence electrons. The zero-order valence-corrected chi connectivity index (χ0v) is 15.3. The highest BCUT2D eigenvalue weighted by atomic mass is 19.4. The highest BCUT2D eigenvalue weighted by Gasteiger charge is 2.38. The van der Waals surface area contributed by atoms with Crippen molar-refractivity contribution in [1.29, 1.82) is 0 Å². The maximum Gasteiger partial charge on any atom is 0.471 e. The average Bonchev–Trinajstić information content (AvgIpc) is 3.22. The summed E-state index contributed by atoms with van der Waals surface area (Å²) in [5.41, 5.74) is 0.0411. The molecule has 6 nitrogen and oxygen atoms in total. The Morgan fingerprint density at radius 3 is 2.57 bits per heavy atom. The standard InChI is InChI=1S/C19H13F5N4O2/c1-28(17(29)14-8-3-2-7-13(14)15(20)21)25-10-11-5-4-6-12(9-11)16-26-18(30-27-16)19(22,23)24/h2-10,15H,1H3/b25-10+. The molecule has 0 saturated heterocycles. The van der Waals surface area contributed by atoms with Crippen LogP contribution < -0.4 is 0 Å². The molecular weight excluding hydrogens is 411 g/mol. The second-order valence-corrected chi connectivity index (χ2v) is 6.01. The Morgan fingerprint density at radius 2 is 1.90 bits per heavy atom. The van der Waals surface area contributed by atoms with Gasteiger partial charge in [0.1, 0.15) is 0 Å². The van der Waals surface area contributed by atoms with Crippen LogP contribution in [0.25, 0.3) is 11.4 Å². The molecule has 1 amide bonds. The van der Waals surface area contributed by atoms with Crippen LogP contribution in [0.2, 0.25) is 0 Å². The Morgan fingerprint density at radius 1 is 1.17 bits per heavy atom. The van der Waals surface area contributed by atoms with Crippen LogP contribution in [-0.4, -0.2) is 34.3 Å². The zero-order valence-electron chi connectivity index (χ0n) is 15.3. The minimum atomic E-state index is -4.76. The molecule has 30 heavy (non-hydrogen) atoms. The molecule has 0 aliphatic rings. The lowest BCUT2D eigenvalue weighted by molar-refractivity contribution is -0.159. The van der Waals surface area contributed by atoms with E-state index in [0.29, 0.717) is 5.56 Å². The van der Waals surface area contributed by atoms with Crippen molar-refractivity contribution in [3.8, 4) is 11.4 Å². The van der Waals surface area contributed by atoms with E-state index in [1.165, 1.54) is 49.7 Å². The molecular formula is C19H13F5N4O2. The van der Waals surface area contributed by atoms with Crippen LogP contribution >= 0.6 is 0 Å². The molecule has 0 saturated carbocycles. The molecule has 3 rings (SSSR count). The molecule has 0 aliphatic heterocycles. The Labute approximate surface area is 166 Å². The van der Waals surface area contributed by atoms with Crippen molar-refractivity contribution < 1.29 is 31.3 Å². The Bertz CT molecular complexity index is 1080. The number of halogens is 5. The molecule has 0 bridgehead atoms. The predicted octanol–water partition coefficient (Wildman–Crippen LogP) is 4.80. The van der Waals surface area contributed by atoms with Gasteiger partial charge < -0.3 is 4.52 Å². The maximum atomic E-state index is 13.1. The highest BCUT2D eigenvalue weighted by molar-refractivity contribution is 5.96. The molecule has 3 aromatic rings. The smallest absolute Gasteiger partial charge is 0.329 e. The summed E-state index contributed by atoms with van der Waals surface area (Å²) in [4.78, 5) is 15.7. The van der Waals surface area contributed by atoms with E-state index in [9.17, 15) is 26.7 Å². The normalized spacial score (nSPS) is 12.0. The first-order valence-electron chi connectivity index (χ1n) is 8.37. The first-order valence-corrected chi connectivity index (χ1v) is 8.37. The van der Waals surface area contributed by atoms with E-state index in [-0.39, 0.29) is 17.0 Å². The van der Waals surface area contributed by atoms with Gasteiger partial charge in [0.25, 0.3) is 12.3 Å². The largest absolute Gasteiger partial charge is 0.471 e. The van der Waals surface area contributed by atoms with Gasteiger partial charge in [0, 0.05) is 18.2 Å². The number of carbonyl (C=O) groups is 1. The van der Waals surface area contributed by atoms with Gasteiger partial charge in [-0.25, -0.2) is 13.8 Å². The van der Waals surface area contributed by atoms with Gasteiger partial charge in [-0.15, -0.1) is 0 Å². The minimum Gasteiger partial charge on any atom is -0.329 e. The topological polar surface area (TPSA) is 71.6 Å². The average molecular weight is 424 g/mol. The predicted molar refractivity (Wildman–Crippen MR) is 95.8 cm³/mol. The second-order valence-electron chi connectivity index (χ2n) is 6.01. The molecule has 11 heteroatoms. The molecule has 0 unspecified atom stereocenters. The maximum absolute atomic E-state index is 13.1. The number of nitrogens with zero attached hydrogens (tertiary/aromatic N) is 4. The molecule has 0 spiro atoms. The van der Waals surface area contributed by atoms with E-state index >= 15 is 0 Å². The monoisotopic (exact) mass is 424 g/mol. The van der Waals surface area contributed by atoms with Crippen LogP contribution in [0.5, 0.6) is 0 Å². The zero-order chi connectivity index (χ0) is 21.9. The van der Waals surface area contributed by atoms with Gasteiger partial charge in [0.15, 0.2) is 0 Å². The number of aromatic nitrogens is 2. The molecule has 0 aliphatic carbocycles. The highest BCUT2D eigenvalue weighted by Crippen LogP contribution is 2.29. The fourth-order valence-corrected chi connectivity index (χ4v) is 2.48. The minimum absolute atomic E-state index is 0.188. The number of alkyl halides is 5. The van der Waals surface area contributed by atoms with Crippen molar-refractivity contribution >= 4 is 12.1 Å². The third-order valence-electron chi connectivity index (χ3n) is 3.91. The van der Waals surface area contributed by atoms with Crippen molar-refractivity contribution in [1.82, 2.24) is 15.1 Å². The van der Waals surface area contributed by atoms with Gasteiger partial charge in [-0.2, -0.15) is 23.3 Å². The number of rotatable bonds is 5. The van der Waals surface area contributed by atoms with Gasteiger partial charge in [-0.3, -0.25) is 4.79 Å². The first-order chi connectivity index (χ1) is 14.2. The van der Waals surface area contributed by atoms with E-state index in [1.807, 2.05) is 0 Å². The summed E-state index contributed by atoms with van der Waals surface area (Å²) in [6, 6.07) is 11.3. The summed E-state index contributed by atoms with van der Waals surface area (Å²) in [5.74, 6) is -2.49. The number of benzene rings is 2. The van der Waals surface area contributed by atoms with Crippen LogP contribution in [0.15, 0.2) is 58.2 Å². The summed E-state index contributed by atoms with van der Waals surface area (Å²) < 4.78 is 68.2. The van der Waals surface area contributed by atoms with Gasteiger partial charge in [-0.05, 0) is 17.7 Å². The fraction of sp³-hybridized carbons (Fsp3) is 0.158. The number of hydrogen-bond donors (Lipinski definition) is 0. The van der Waals surface area contributed by atoms with E-state index in [2.05, 4.69) is 19.8 Å². The van der Waals surface area contributed by atoms with Gasteiger partial charge in [-0.1, -0.05) is 41.6 Å². The SMILES string of the molecule is CN(/N=C/c1cccc(-c2noc(C(F)(F)F)n2)c1)C(=O)c1ccccc1C(F)F. The lowest BCUT2D eigenvalue weighted by Crippen LogP contribution is -2.22. The lowest BCUT2D eigenvalue weighted by Gasteiger charge is -2.13. The van der Waals surface area contributed by atoms with Gasteiger partial charge >= 0.3 is 12.1 Å². The Kier molecular flexibility index (Phi) is 5.90. The molecule has 2 aromatic carbocycles. The van der Waals surface area contributed by atoms with Crippen molar-refractivity contribution in [2.24, 2.45) is 5.10 Å². The summed E-state index contributed by atoms with van der Waals surface area (Å²) >= 11 is 0. The summed E-state index contributed by atoms with van der Waals surface area (Å²) in [7, 11) is 1.29. The number of amides is 1. The number of hydrazone groups is 1. The van der Waals surface area contributed by atoms with Crippen molar-refractivity contribution in [2.45, 2.75) is 12.6 Å². The van der Waals surface area contributed by atoms with Crippen LogP contribution in [0, 0.1) is 0 Å². The van der Waals surface area contributed by atoms with E-state index in [0.717, 1.165) is 11.1 Å². The molecule has 1 aromatic heterocycles. The second kappa shape index (κ2) is 8.39. The molecule has 0 N–H and O–H groups in total. The Balaban J connectivity index is 1.79. The summed E-state index contributed by atoms with van der Waals surface area (Å²) in [5, 5.41) is 8.10. The Hall–Kier alpha value is -3.63.